The Balaban J connectivity index is 2.28. The zero-order valence-electron chi connectivity index (χ0n) is 10.2. The van der Waals surface area contributed by atoms with E-state index in [-0.39, 0.29) is 11.9 Å². The van der Waals surface area contributed by atoms with E-state index >= 15 is 0 Å². The molecule has 0 saturated carbocycles. The molecule has 0 aliphatic rings. The van der Waals surface area contributed by atoms with Gasteiger partial charge in [-0.3, -0.25) is 0 Å². The van der Waals surface area contributed by atoms with Crippen molar-refractivity contribution in [3.63, 3.8) is 0 Å². The van der Waals surface area contributed by atoms with Gasteiger partial charge in [0.15, 0.2) is 0 Å². The Hall–Kier alpha value is -1.09. The molecule has 16 heavy (non-hydrogen) atoms. The summed E-state index contributed by atoms with van der Waals surface area (Å²) in [4.78, 5) is 0. The summed E-state index contributed by atoms with van der Waals surface area (Å²) in [5, 5.41) is 3.33. The van der Waals surface area contributed by atoms with Gasteiger partial charge < -0.3 is 10.1 Å². The molecule has 1 rings (SSSR count). The zero-order chi connectivity index (χ0) is 12.0. The first-order valence-corrected chi connectivity index (χ1v) is 5.73. The van der Waals surface area contributed by atoms with E-state index in [1.54, 1.807) is 12.1 Å². The largest absolute Gasteiger partial charge is 0.491 e. The minimum Gasteiger partial charge on any atom is -0.491 e. The number of halogens is 1. The van der Waals surface area contributed by atoms with Crippen LogP contribution in [0.1, 0.15) is 27.2 Å². The molecule has 1 unspecified atom stereocenters. The van der Waals surface area contributed by atoms with E-state index in [9.17, 15) is 4.39 Å². The predicted octanol–water partition coefficient (Wildman–Crippen LogP) is 2.98. The molecule has 0 saturated heterocycles. The summed E-state index contributed by atoms with van der Waals surface area (Å²) in [5.41, 5.74) is 0. The summed E-state index contributed by atoms with van der Waals surface area (Å²) in [6.45, 7) is 7.18. The van der Waals surface area contributed by atoms with E-state index < -0.39 is 0 Å². The summed E-state index contributed by atoms with van der Waals surface area (Å²) in [7, 11) is 0. The van der Waals surface area contributed by atoms with Crippen LogP contribution in [-0.2, 0) is 0 Å². The molecule has 2 nitrogen and oxygen atoms in total. The Kier molecular flexibility index (Phi) is 5.26. The van der Waals surface area contributed by atoms with Gasteiger partial charge >= 0.3 is 0 Å². The maximum absolute atomic E-state index is 12.7. The molecule has 1 atom stereocenters. The van der Waals surface area contributed by atoms with Crippen LogP contribution in [-0.4, -0.2) is 18.7 Å². The first kappa shape index (κ1) is 13.0. The summed E-state index contributed by atoms with van der Waals surface area (Å²) in [6.07, 6.45) is 1.08. The van der Waals surface area contributed by atoms with Crippen molar-refractivity contribution in [2.24, 2.45) is 0 Å². The monoisotopic (exact) mass is 225 g/mol. The third kappa shape index (κ3) is 5.12. The number of hydrogen-bond donors (Lipinski definition) is 1. The molecule has 0 bridgehead atoms. The maximum atomic E-state index is 12.7. The van der Waals surface area contributed by atoms with Gasteiger partial charge in [0.2, 0.25) is 0 Å². The van der Waals surface area contributed by atoms with Gasteiger partial charge in [0.05, 0.1) is 6.10 Å². The van der Waals surface area contributed by atoms with Crippen molar-refractivity contribution in [3.8, 4) is 5.75 Å². The topological polar surface area (TPSA) is 21.3 Å². The predicted molar refractivity (Wildman–Crippen MR) is 64.2 cm³/mol. The Morgan fingerprint density at radius 2 is 1.81 bits per heavy atom. The molecule has 0 spiro atoms. The van der Waals surface area contributed by atoms with Crippen molar-refractivity contribution in [1.29, 1.82) is 0 Å². The van der Waals surface area contributed by atoms with Crippen molar-refractivity contribution >= 4 is 0 Å². The van der Waals surface area contributed by atoms with Crippen LogP contribution in [0.15, 0.2) is 24.3 Å². The highest BCUT2D eigenvalue weighted by Gasteiger charge is 2.04. The second-order valence-electron chi connectivity index (χ2n) is 4.28. The number of hydrogen-bond acceptors (Lipinski definition) is 2. The van der Waals surface area contributed by atoms with Gasteiger partial charge in [-0.05, 0) is 44.2 Å². The van der Waals surface area contributed by atoms with E-state index in [0.717, 1.165) is 18.7 Å². The van der Waals surface area contributed by atoms with Crippen LogP contribution in [0.25, 0.3) is 0 Å². The van der Waals surface area contributed by atoms with Crippen LogP contribution >= 0.6 is 0 Å². The Morgan fingerprint density at radius 1 is 1.19 bits per heavy atom. The molecule has 0 heterocycles. The Labute approximate surface area is 96.8 Å². The minimum absolute atomic E-state index is 0.136. The van der Waals surface area contributed by atoms with Crippen molar-refractivity contribution in [2.75, 3.05) is 6.54 Å². The zero-order valence-corrected chi connectivity index (χ0v) is 10.2. The van der Waals surface area contributed by atoms with Crippen LogP contribution in [0.3, 0.4) is 0 Å². The third-order valence-corrected chi connectivity index (χ3v) is 2.25. The number of ether oxygens (including phenoxy) is 1. The third-order valence-electron chi connectivity index (χ3n) is 2.25. The van der Waals surface area contributed by atoms with Crippen LogP contribution in [0, 0.1) is 5.82 Å². The molecule has 1 aromatic carbocycles. The first-order chi connectivity index (χ1) is 7.58. The standard InChI is InChI=1S/C13H20FNO/c1-10(2)15-9-8-11(3)16-13-6-4-12(14)5-7-13/h4-7,10-11,15H,8-9H2,1-3H3. The summed E-state index contributed by atoms with van der Waals surface area (Å²) < 4.78 is 18.3. The molecule has 90 valence electrons. The molecule has 0 aliphatic heterocycles. The second-order valence-corrected chi connectivity index (χ2v) is 4.28. The van der Waals surface area contributed by atoms with Crippen LogP contribution in [0.5, 0.6) is 5.75 Å². The van der Waals surface area contributed by atoms with E-state index in [2.05, 4.69) is 19.2 Å². The molecule has 0 fully saturated rings. The Bertz CT molecular complexity index is 297. The Morgan fingerprint density at radius 3 is 2.38 bits per heavy atom. The lowest BCUT2D eigenvalue weighted by molar-refractivity contribution is 0.208. The first-order valence-electron chi connectivity index (χ1n) is 5.73. The highest BCUT2D eigenvalue weighted by Crippen LogP contribution is 2.13. The van der Waals surface area contributed by atoms with E-state index in [1.807, 2.05) is 6.92 Å². The molecule has 0 amide bonds. The van der Waals surface area contributed by atoms with E-state index in [1.165, 1.54) is 12.1 Å². The number of rotatable bonds is 6. The molecule has 1 N–H and O–H groups in total. The fourth-order valence-electron chi connectivity index (χ4n) is 1.38. The second kappa shape index (κ2) is 6.48. The van der Waals surface area contributed by atoms with Gasteiger partial charge in [0.25, 0.3) is 0 Å². The summed E-state index contributed by atoms with van der Waals surface area (Å²) in [6, 6.07) is 6.63. The maximum Gasteiger partial charge on any atom is 0.123 e. The average molecular weight is 225 g/mol. The normalized spacial score (nSPS) is 12.8. The lowest BCUT2D eigenvalue weighted by atomic mass is 10.2. The smallest absolute Gasteiger partial charge is 0.123 e. The van der Waals surface area contributed by atoms with E-state index in [4.69, 9.17) is 4.74 Å². The van der Waals surface area contributed by atoms with Gasteiger partial charge in [0.1, 0.15) is 11.6 Å². The molecule has 0 radical (unpaired) electrons. The molecule has 1 aromatic rings. The summed E-state index contributed by atoms with van der Waals surface area (Å²) in [5.74, 6) is 0.486. The SMILES string of the molecule is CC(C)NCCC(C)Oc1ccc(F)cc1. The fourth-order valence-corrected chi connectivity index (χ4v) is 1.38. The molecule has 0 aromatic heterocycles. The van der Waals surface area contributed by atoms with Crippen molar-refractivity contribution in [1.82, 2.24) is 5.32 Å². The van der Waals surface area contributed by atoms with Crippen molar-refractivity contribution in [3.05, 3.63) is 30.1 Å². The van der Waals surface area contributed by atoms with Crippen LogP contribution in [0.2, 0.25) is 0 Å². The van der Waals surface area contributed by atoms with Crippen molar-refractivity contribution < 1.29 is 9.13 Å². The minimum atomic E-state index is -0.235. The molecule has 0 aliphatic carbocycles. The quantitative estimate of drug-likeness (QED) is 0.803. The fraction of sp³-hybridized carbons (Fsp3) is 0.538. The number of nitrogens with one attached hydrogen (secondary N) is 1. The van der Waals surface area contributed by atoms with Gasteiger partial charge in [-0.1, -0.05) is 13.8 Å². The highest BCUT2D eigenvalue weighted by atomic mass is 19.1. The lowest BCUT2D eigenvalue weighted by Gasteiger charge is -2.16. The number of benzene rings is 1. The van der Waals surface area contributed by atoms with Gasteiger partial charge in [-0.2, -0.15) is 0 Å². The molecular weight excluding hydrogens is 205 g/mol. The van der Waals surface area contributed by atoms with Gasteiger partial charge in [-0.25, -0.2) is 4.39 Å². The lowest BCUT2D eigenvalue weighted by Crippen LogP contribution is -2.27. The summed E-state index contributed by atoms with van der Waals surface area (Å²) >= 11 is 0. The van der Waals surface area contributed by atoms with Crippen LogP contribution in [0.4, 0.5) is 4.39 Å². The van der Waals surface area contributed by atoms with Crippen molar-refractivity contribution in [2.45, 2.75) is 39.3 Å². The van der Waals surface area contributed by atoms with Gasteiger partial charge in [-0.15, -0.1) is 0 Å². The van der Waals surface area contributed by atoms with Gasteiger partial charge in [0, 0.05) is 6.04 Å². The molecule has 3 heteroatoms. The highest BCUT2D eigenvalue weighted by molar-refractivity contribution is 5.22. The molecular formula is C13H20FNO. The average Bonchev–Trinajstić information content (AvgIpc) is 2.21. The van der Waals surface area contributed by atoms with E-state index in [0.29, 0.717) is 6.04 Å². The van der Waals surface area contributed by atoms with Crippen LogP contribution < -0.4 is 10.1 Å².